The fourth-order valence-corrected chi connectivity index (χ4v) is 2.67. The van der Waals surface area contributed by atoms with Gasteiger partial charge in [0, 0.05) is 6.04 Å². The Morgan fingerprint density at radius 2 is 1.62 bits per heavy atom. The Morgan fingerprint density at radius 1 is 0.952 bits per heavy atom. The molecular formula is C19H25NO. The van der Waals surface area contributed by atoms with Crippen LogP contribution in [0.3, 0.4) is 0 Å². The topological polar surface area (TPSA) is 21.3 Å². The summed E-state index contributed by atoms with van der Waals surface area (Å²) >= 11 is 0. The number of hydrogen-bond acceptors (Lipinski definition) is 2. The molecule has 21 heavy (non-hydrogen) atoms. The summed E-state index contributed by atoms with van der Waals surface area (Å²) in [6.45, 7) is 5.46. The molecule has 2 heteroatoms. The van der Waals surface area contributed by atoms with Crippen molar-refractivity contribution < 1.29 is 4.74 Å². The second kappa shape index (κ2) is 7.84. The average Bonchev–Trinajstić information content (AvgIpc) is 2.52. The maximum absolute atomic E-state index is 5.41. The first-order chi connectivity index (χ1) is 10.2. The van der Waals surface area contributed by atoms with E-state index in [-0.39, 0.29) is 0 Å². The largest absolute Gasteiger partial charge is 0.496 e. The molecule has 0 spiro atoms. The highest BCUT2D eigenvalue weighted by Crippen LogP contribution is 2.22. The molecule has 0 bridgehead atoms. The Balaban J connectivity index is 1.97. The smallest absolute Gasteiger partial charge is 0.122 e. The van der Waals surface area contributed by atoms with Crippen LogP contribution < -0.4 is 10.1 Å². The van der Waals surface area contributed by atoms with E-state index in [1.54, 1.807) is 7.11 Å². The van der Waals surface area contributed by atoms with Crippen molar-refractivity contribution in [3.05, 3.63) is 65.7 Å². The number of methoxy groups -OCH3 is 1. The Bertz CT molecular complexity index is 536. The first-order valence-corrected chi connectivity index (χ1v) is 7.62. The van der Waals surface area contributed by atoms with Crippen LogP contribution in [0, 0.1) is 5.92 Å². The van der Waals surface area contributed by atoms with Gasteiger partial charge in [-0.15, -0.1) is 0 Å². The molecule has 0 aliphatic heterocycles. The van der Waals surface area contributed by atoms with Gasteiger partial charge in [-0.2, -0.15) is 0 Å². The Morgan fingerprint density at radius 3 is 2.29 bits per heavy atom. The zero-order valence-electron chi connectivity index (χ0n) is 13.2. The Kier molecular flexibility index (Phi) is 5.82. The highest BCUT2D eigenvalue weighted by atomic mass is 16.5. The quantitative estimate of drug-likeness (QED) is 0.821. The van der Waals surface area contributed by atoms with Gasteiger partial charge in [0.15, 0.2) is 0 Å². The van der Waals surface area contributed by atoms with Crippen LogP contribution in [-0.4, -0.2) is 13.7 Å². The summed E-state index contributed by atoms with van der Waals surface area (Å²) in [6.07, 6.45) is 0.972. The van der Waals surface area contributed by atoms with Gasteiger partial charge in [-0.3, -0.25) is 0 Å². The third-order valence-corrected chi connectivity index (χ3v) is 3.78. The predicted molar refractivity (Wildman–Crippen MR) is 88.7 cm³/mol. The lowest BCUT2D eigenvalue weighted by Crippen LogP contribution is -2.27. The number of benzene rings is 2. The van der Waals surface area contributed by atoms with Crippen molar-refractivity contribution in [3.63, 3.8) is 0 Å². The third kappa shape index (κ3) is 4.33. The van der Waals surface area contributed by atoms with E-state index in [4.69, 9.17) is 4.74 Å². The van der Waals surface area contributed by atoms with E-state index in [1.807, 2.05) is 12.1 Å². The van der Waals surface area contributed by atoms with Crippen LogP contribution in [0.4, 0.5) is 0 Å². The maximum atomic E-state index is 5.41. The summed E-state index contributed by atoms with van der Waals surface area (Å²) in [6, 6.07) is 19.3. The maximum Gasteiger partial charge on any atom is 0.122 e. The van der Waals surface area contributed by atoms with Gasteiger partial charge in [0.2, 0.25) is 0 Å². The molecule has 0 saturated heterocycles. The summed E-state index contributed by atoms with van der Waals surface area (Å²) in [7, 11) is 1.73. The van der Waals surface area contributed by atoms with Crippen LogP contribution in [0.2, 0.25) is 0 Å². The minimum Gasteiger partial charge on any atom is -0.496 e. The number of hydrogen-bond donors (Lipinski definition) is 1. The molecule has 0 saturated carbocycles. The van der Waals surface area contributed by atoms with Crippen LogP contribution in [0.5, 0.6) is 5.75 Å². The summed E-state index contributed by atoms with van der Waals surface area (Å²) in [5, 5.41) is 3.68. The molecule has 2 rings (SSSR count). The van der Waals surface area contributed by atoms with Crippen molar-refractivity contribution in [2.24, 2.45) is 5.92 Å². The van der Waals surface area contributed by atoms with E-state index in [0.29, 0.717) is 12.0 Å². The van der Waals surface area contributed by atoms with Gasteiger partial charge in [-0.1, -0.05) is 62.4 Å². The first kappa shape index (κ1) is 15.6. The number of ether oxygens (including phenoxy) is 1. The molecule has 2 aromatic rings. The minimum atomic E-state index is 0.390. The van der Waals surface area contributed by atoms with Gasteiger partial charge in [-0.05, 0) is 36.1 Å². The first-order valence-electron chi connectivity index (χ1n) is 7.62. The van der Waals surface area contributed by atoms with E-state index >= 15 is 0 Å². The van der Waals surface area contributed by atoms with Crippen molar-refractivity contribution in [1.29, 1.82) is 0 Å². The molecule has 0 amide bonds. The highest BCUT2D eigenvalue weighted by Gasteiger charge is 2.14. The van der Waals surface area contributed by atoms with Gasteiger partial charge in [-0.25, -0.2) is 0 Å². The molecule has 0 fully saturated rings. The number of rotatable bonds is 7. The predicted octanol–water partition coefficient (Wildman–Crippen LogP) is 4.22. The van der Waals surface area contributed by atoms with Crippen molar-refractivity contribution in [3.8, 4) is 5.75 Å². The lowest BCUT2D eigenvalue weighted by atomic mass is 9.96. The van der Waals surface area contributed by atoms with E-state index in [1.165, 1.54) is 11.1 Å². The molecule has 1 atom stereocenters. The molecule has 0 aromatic heterocycles. The highest BCUT2D eigenvalue weighted by molar-refractivity contribution is 5.33. The molecule has 1 unspecified atom stereocenters. The summed E-state index contributed by atoms with van der Waals surface area (Å²) in [5.41, 5.74) is 2.61. The lowest BCUT2D eigenvalue weighted by molar-refractivity contribution is 0.400. The van der Waals surface area contributed by atoms with Crippen LogP contribution >= 0.6 is 0 Å². The zero-order chi connectivity index (χ0) is 15.1. The standard InChI is InChI=1S/C19H25NO/c1-15(2)19(17-10-5-4-6-11-17)20-14-13-16-9-7-8-12-18(16)21-3/h4-12,15,19-20H,13-14H2,1-3H3. The van der Waals surface area contributed by atoms with Gasteiger partial charge in [0.05, 0.1) is 7.11 Å². The van der Waals surface area contributed by atoms with Crippen LogP contribution in [0.1, 0.15) is 31.0 Å². The molecule has 0 radical (unpaired) electrons. The molecule has 2 aromatic carbocycles. The van der Waals surface area contributed by atoms with Crippen LogP contribution in [0.15, 0.2) is 54.6 Å². The number of para-hydroxylation sites is 1. The van der Waals surface area contributed by atoms with E-state index in [9.17, 15) is 0 Å². The minimum absolute atomic E-state index is 0.390. The normalized spacial score (nSPS) is 12.4. The fourth-order valence-electron chi connectivity index (χ4n) is 2.67. The van der Waals surface area contributed by atoms with Crippen molar-refractivity contribution in [1.82, 2.24) is 5.32 Å². The summed E-state index contributed by atoms with van der Waals surface area (Å²) in [5.74, 6) is 1.53. The fraction of sp³-hybridized carbons (Fsp3) is 0.368. The molecule has 0 aliphatic rings. The molecule has 112 valence electrons. The monoisotopic (exact) mass is 283 g/mol. The van der Waals surface area contributed by atoms with Crippen molar-refractivity contribution in [2.75, 3.05) is 13.7 Å². The zero-order valence-corrected chi connectivity index (χ0v) is 13.2. The molecule has 0 aliphatic carbocycles. The lowest BCUT2D eigenvalue weighted by Gasteiger charge is -2.23. The summed E-state index contributed by atoms with van der Waals surface area (Å²) in [4.78, 5) is 0. The molecule has 0 heterocycles. The Hall–Kier alpha value is -1.80. The van der Waals surface area contributed by atoms with Crippen LogP contribution in [-0.2, 0) is 6.42 Å². The average molecular weight is 283 g/mol. The van der Waals surface area contributed by atoms with Gasteiger partial charge in [0.1, 0.15) is 5.75 Å². The molecule has 1 N–H and O–H groups in total. The van der Waals surface area contributed by atoms with Gasteiger partial charge < -0.3 is 10.1 Å². The second-order valence-electron chi connectivity index (χ2n) is 5.65. The Labute approximate surface area is 128 Å². The molecule has 2 nitrogen and oxygen atoms in total. The molecular weight excluding hydrogens is 258 g/mol. The second-order valence-corrected chi connectivity index (χ2v) is 5.65. The number of nitrogens with one attached hydrogen (secondary N) is 1. The van der Waals surface area contributed by atoms with Gasteiger partial charge >= 0.3 is 0 Å². The van der Waals surface area contributed by atoms with E-state index in [2.05, 4.69) is 61.6 Å². The van der Waals surface area contributed by atoms with Crippen molar-refractivity contribution >= 4 is 0 Å². The van der Waals surface area contributed by atoms with Crippen molar-refractivity contribution in [2.45, 2.75) is 26.3 Å². The van der Waals surface area contributed by atoms with E-state index in [0.717, 1.165) is 18.7 Å². The summed E-state index contributed by atoms with van der Waals surface area (Å²) < 4.78 is 5.41. The SMILES string of the molecule is COc1ccccc1CCNC(c1ccccc1)C(C)C. The van der Waals surface area contributed by atoms with Crippen LogP contribution in [0.25, 0.3) is 0 Å². The van der Waals surface area contributed by atoms with E-state index < -0.39 is 0 Å². The third-order valence-electron chi connectivity index (χ3n) is 3.78. The van der Waals surface area contributed by atoms with Gasteiger partial charge in [0.25, 0.3) is 0 Å².